The number of thiophene rings is 1. The zero-order chi connectivity index (χ0) is 12.4. The molecule has 1 aliphatic heterocycles. The number of amides is 2. The van der Waals surface area contributed by atoms with Crippen molar-refractivity contribution in [3.05, 3.63) is 16.3 Å². The van der Waals surface area contributed by atoms with E-state index in [9.17, 15) is 9.59 Å². The minimum Gasteiger partial charge on any atom is -0.369 e. The summed E-state index contributed by atoms with van der Waals surface area (Å²) in [6.07, 6.45) is 1.33. The Morgan fingerprint density at radius 3 is 2.53 bits per heavy atom. The van der Waals surface area contributed by atoms with Gasteiger partial charge < -0.3 is 10.6 Å². The Hall–Kier alpha value is -1.01. The number of primary amides is 1. The maximum absolute atomic E-state index is 12.1. The molecular formula is C11H14N2O2S2. The van der Waals surface area contributed by atoms with Gasteiger partial charge in [0.2, 0.25) is 5.91 Å². The Balaban J connectivity index is 1.97. The first-order chi connectivity index (χ1) is 8.08. The molecule has 0 bridgehead atoms. The smallest absolute Gasteiger partial charge is 0.263 e. The molecule has 6 heteroatoms. The molecule has 2 heterocycles. The second-order valence-corrected chi connectivity index (χ2v) is 5.57. The molecule has 1 aromatic heterocycles. The highest BCUT2D eigenvalue weighted by molar-refractivity contribution is 7.80. The summed E-state index contributed by atoms with van der Waals surface area (Å²) in [7, 11) is 0. The van der Waals surface area contributed by atoms with Gasteiger partial charge in [-0.3, -0.25) is 9.59 Å². The van der Waals surface area contributed by atoms with Crippen molar-refractivity contribution in [1.29, 1.82) is 0 Å². The Morgan fingerprint density at radius 2 is 2.06 bits per heavy atom. The molecule has 4 nitrogen and oxygen atoms in total. The first-order valence-corrected chi connectivity index (χ1v) is 6.76. The van der Waals surface area contributed by atoms with Crippen LogP contribution in [-0.2, 0) is 4.79 Å². The lowest BCUT2D eigenvalue weighted by molar-refractivity contribution is -0.123. The third kappa shape index (κ3) is 2.81. The number of hydrogen-bond acceptors (Lipinski definition) is 4. The van der Waals surface area contributed by atoms with E-state index in [0.29, 0.717) is 30.8 Å². The summed E-state index contributed by atoms with van der Waals surface area (Å²) in [5.41, 5.74) is 5.25. The average Bonchev–Trinajstić information content (AvgIpc) is 2.75. The second-order valence-electron chi connectivity index (χ2n) is 4.14. The molecule has 0 radical (unpaired) electrons. The predicted molar refractivity (Wildman–Crippen MR) is 69.4 cm³/mol. The Morgan fingerprint density at radius 1 is 1.41 bits per heavy atom. The van der Waals surface area contributed by atoms with E-state index < -0.39 is 0 Å². The van der Waals surface area contributed by atoms with E-state index in [1.807, 2.05) is 5.38 Å². The third-order valence-electron chi connectivity index (χ3n) is 2.98. The number of nitrogens with two attached hydrogens (primary N) is 1. The van der Waals surface area contributed by atoms with Crippen molar-refractivity contribution in [3.63, 3.8) is 0 Å². The Bertz CT molecular complexity index is 436. The van der Waals surface area contributed by atoms with E-state index in [4.69, 9.17) is 5.73 Å². The maximum Gasteiger partial charge on any atom is 0.263 e. The molecule has 1 fully saturated rings. The molecule has 1 saturated heterocycles. The third-order valence-corrected chi connectivity index (χ3v) is 4.33. The van der Waals surface area contributed by atoms with Crippen molar-refractivity contribution >= 4 is 35.8 Å². The Labute approximate surface area is 109 Å². The number of nitrogens with zero attached hydrogens (tertiary/aromatic N) is 1. The second kappa shape index (κ2) is 5.10. The van der Waals surface area contributed by atoms with Gasteiger partial charge in [0.1, 0.15) is 0 Å². The molecule has 0 aromatic carbocycles. The van der Waals surface area contributed by atoms with Crippen molar-refractivity contribution in [2.24, 2.45) is 11.7 Å². The molecule has 1 aromatic rings. The monoisotopic (exact) mass is 270 g/mol. The van der Waals surface area contributed by atoms with Gasteiger partial charge in [-0.25, -0.2) is 0 Å². The van der Waals surface area contributed by atoms with Crippen LogP contribution in [0.25, 0.3) is 0 Å². The van der Waals surface area contributed by atoms with E-state index in [1.165, 1.54) is 11.3 Å². The number of hydrogen-bond donors (Lipinski definition) is 2. The van der Waals surface area contributed by atoms with Gasteiger partial charge in [0, 0.05) is 29.3 Å². The van der Waals surface area contributed by atoms with Crippen LogP contribution < -0.4 is 5.73 Å². The molecule has 92 valence electrons. The zero-order valence-electron chi connectivity index (χ0n) is 9.26. The van der Waals surface area contributed by atoms with Gasteiger partial charge in [0.05, 0.1) is 4.88 Å². The van der Waals surface area contributed by atoms with Gasteiger partial charge in [0.15, 0.2) is 0 Å². The van der Waals surface area contributed by atoms with E-state index >= 15 is 0 Å². The van der Waals surface area contributed by atoms with Crippen molar-refractivity contribution < 1.29 is 9.59 Å². The highest BCUT2D eigenvalue weighted by atomic mass is 32.1. The van der Waals surface area contributed by atoms with Crippen LogP contribution >= 0.6 is 24.0 Å². The van der Waals surface area contributed by atoms with Crippen molar-refractivity contribution in [2.45, 2.75) is 17.7 Å². The van der Waals surface area contributed by atoms with Gasteiger partial charge >= 0.3 is 0 Å². The van der Waals surface area contributed by atoms with Crippen LogP contribution in [0.3, 0.4) is 0 Å². The lowest BCUT2D eigenvalue weighted by Crippen LogP contribution is -2.41. The summed E-state index contributed by atoms with van der Waals surface area (Å²) < 4.78 is 0. The van der Waals surface area contributed by atoms with E-state index in [1.54, 1.807) is 11.0 Å². The van der Waals surface area contributed by atoms with Crippen molar-refractivity contribution in [3.8, 4) is 0 Å². The van der Waals surface area contributed by atoms with E-state index in [-0.39, 0.29) is 17.7 Å². The van der Waals surface area contributed by atoms with E-state index in [2.05, 4.69) is 12.6 Å². The summed E-state index contributed by atoms with van der Waals surface area (Å²) in [6, 6.07) is 1.77. The van der Waals surface area contributed by atoms with E-state index in [0.717, 1.165) is 4.90 Å². The average molecular weight is 270 g/mol. The molecular weight excluding hydrogens is 256 g/mol. The van der Waals surface area contributed by atoms with Gasteiger partial charge in [-0.15, -0.1) is 24.0 Å². The van der Waals surface area contributed by atoms with Crippen LogP contribution in [0.15, 0.2) is 16.3 Å². The largest absolute Gasteiger partial charge is 0.369 e. The lowest BCUT2D eigenvalue weighted by atomic mass is 9.96. The molecule has 0 aliphatic carbocycles. The molecule has 2 amide bonds. The summed E-state index contributed by atoms with van der Waals surface area (Å²) in [6.45, 7) is 1.21. The number of carbonyl (C=O) groups is 2. The SMILES string of the molecule is NC(=O)C1CCN(C(=O)c2cc(S)cs2)CC1. The van der Waals surface area contributed by atoms with Crippen molar-refractivity contribution in [2.75, 3.05) is 13.1 Å². The zero-order valence-corrected chi connectivity index (χ0v) is 11.0. The molecule has 0 atom stereocenters. The van der Waals surface area contributed by atoms with Crippen LogP contribution in [0.5, 0.6) is 0 Å². The summed E-state index contributed by atoms with van der Waals surface area (Å²) in [4.78, 5) is 26.4. The fourth-order valence-corrected chi connectivity index (χ4v) is 3.08. The van der Waals surface area contributed by atoms with Crippen LogP contribution in [-0.4, -0.2) is 29.8 Å². The molecule has 2 N–H and O–H groups in total. The number of carbonyl (C=O) groups excluding carboxylic acids is 2. The highest BCUT2D eigenvalue weighted by Crippen LogP contribution is 2.23. The van der Waals surface area contributed by atoms with Crippen LogP contribution in [0, 0.1) is 5.92 Å². The van der Waals surface area contributed by atoms with Gasteiger partial charge in [-0.2, -0.15) is 0 Å². The van der Waals surface area contributed by atoms with Crippen LogP contribution in [0.1, 0.15) is 22.5 Å². The van der Waals surface area contributed by atoms with Gasteiger partial charge in [-0.1, -0.05) is 0 Å². The first-order valence-electron chi connectivity index (χ1n) is 5.44. The van der Waals surface area contributed by atoms with Crippen LogP contribution in [0.2, 0.25) is 0 Å². The standard InChI is InChI=1S/C11H14N2O2S2/c12-10(14)7-1-3-13(4-2-7)11(15)9-5-8(16)6-17-9/h5-7,16H,1-4H2,(H2,12,14). The van der Waals surface area contributed by atoms with Gasteiger partial charge in [-0.05, 0) is 18.9 Å². The van der Waals surface area contributed by atoms with Crippen LogP contribution in [0.4, 0.5) is 0 Å². The maximum atomic E-state index is 12.1. The number of piperidine rings is 1. The topological polar surface area (TPSA) is 63.4 Å². The molecule has 17 heavy (non-hydrogen) atoms. The summed E-state index contributed by atoms with van der Waals surface area (Å²) in [5.74, 6) is -0.313. The molecule has 0 saturated carbocycles. The van der Waals surface area contributed by atoms with Gasteiger partial charge in [0.25, 0.3) is 5.91 Å². The normalized spacial score (nSPS) is 17.1. The summed E-state index contributed by atoms with van der Waals surface area (Å²) >= 11 is 5.58. The van der Waals surface area contributed by atoms with Crippen molar-refractivity contribution in [1.82, 2.24) is 4.90 Å². The fourth-order valence-electron chi connectivity index (χ4n) is 1.96. The molecule has 0 spiro atoms. The Kier molecular flexibility index (Phi) is 3.73. The number of thiol groups is 1. The molecule has 0 unspecified atom stereocenters. The lowest BCUT2D eigenvalue weighted by Gasteiger charge is -2.30. The molecule has 2 rings (SSSR count). The predicted octanol–water partition coefficient (Wildman–Crippen LogP) is 1.37. The minimum absolute atomic E-state index is 0.0261. The first kappa shape index (κ1) is 12.4. The minimum atomic E-state index is -0.258. The fraction of sp³-hybridized carbons (Fsp3) is 0.455. The highest BCUT2D eigenvalue weighted by Gasteiger charge is 2.26. The quantitative estimate of drug-likeness (QED) is 0.797. The number of likely N-dealkylation sites (tertiary alicyclic amines) is 1. The molecule has 1 aliphatic rings. The summed E-state index contributed by atoms with van der Waals surface area (Å²) in [5, 5.41) is 1.84. The number of rotatable bonds is 2.